The molecule has 3 atom stereocenters. The number of methoxy groups -OCH3 is 3. The lowest BCUT2D eigenvalue weighted by Crippen LogP contribution is -2.58. The molecule has 1 N–H and O–H groups in total. The summed E-state index contributed by atoms with van der Waals surface area (Å²) in [6, 6.07) is 7.65. The molecule has 2 aromatic heterocycles. The molecule has 2 aromatic carbocycles. The SMILES string of the molecule is CCOC(=O)c1cn2c(cc1=O)-c1cc(OC)c(OCCOCCOCCN3CCN(CC4=C(C(=O)OC)[C@H](c5ccc(F)cc5Cl)N=C(c5nccs5)N4)CC3C(=O)OC)cc1CC2C(C)(C)C. The van der Waals surface area contributed by atoms with E-state index in [1.54, 1.807) is 26.4 Å². The number of pyridine rings is 1. The lowest BCUT2D eigenvalue weighted by atomic mass is 9.78. The minimum absolute atomic E-state index is 0.00314. The quantitative estimate of drug-likeness (QED) is 0.0668. The van der Waals surface area contributed by atoms with Gasteiger partial charge in [0.25, 0.3) is 0 Å². The van der Waals surface area contributed by atoms with Crippen LogP contribution in [-0.2, 0) is 39.7 Å². The number of esters is 3. The number of piperazine rings is 1. The van der Waals surface area contributed by atoms with Crippen molar-refractivity contribution in [2.75, 3.05) is 93.7 Å². The van der Waals surface area contributed by atoms with Crippen molar-refractivity contribution in [2.45, 2.75) is 52.2 Å². The van der Waals surface area contributed by atoms with Gasteiger partial charge in [-0.1, -0.05) is 38.4 Å². The van der Waals surface area contributed by atoms with Crippen molar-refractivity contribution in [1.29, 1.82) is 0 Å². The molecule has 17 nitrogen and oxygen atoms in total. The second-order valence-corrected chi connectivity index (χ2v) is 18.9. The number of aliphatic imine (C=N–C) groups is 1. The first-order chi connectivity index (χ1) is 33.1. The maximum Gasteiger partial charge on any atom is 0.343 e. The number of amidine groups is 1. The number of thiazole rings is 1. The molecule has 0 spiro atoms. The van der Waals surface area contributed by atoms with E-state index in [9.17, 15) is 23.6 Å². The van der Waals surface area contributed by atoms with Gasteiger partial charge < -0.3 is 43.0 Å². The Morgan fingerprint density at radius 1 is 0.957 bits per heavy atom. The Hall–Kier alpha value is -5.70. The summed E-state index contributed by atoms with van der Waals surface area (Å²) in [5.74, 6) is -0.741. The van der Waals surface area contributed by atoms with Gasteiger partial charge in [0.15, 0.2) is 27.8 Å². The number of ether oxygens (including phenoxy) is 7. The van der Waals surface area contributed by atoms with Crippen molar-refractivity contribution in [3.63, 3.8) is 0 Å². The van der Waals surface area contributed by atoms with Gasteiger partial charge in [0, 0.05) is 84.5 Å². The zero-order valence-electron chi connectivity index (χ0n) is 39.8. The van der Waals surface area contributed by atoms with Gasteiger partial charge in [-0.15, -0.1) is 11.3 Å². The first-order valence-corrected chi connectivity index (χ1v) is 23.9. The zero-order valence-corrected chi connectivity index (χ0v) is 41.4. The lowest BCUT2D eigenvalue weighted by Gasteiger charge is -2.40. The Labute approximate surface area is 409 Å². The number of nitrogens with one attached hydrogen (secondary N) is 1. The fraction of sp³-hybridized carbons (Fsp3) is 0.469. The maximum absolute atomic E-state index is 14.1. The molecule has 0 aliphatic carbocycles. The van der Waals surface area contributed by atoms with E-state index in [4.69, 9.17) is 49.8 Å². The van der Waals surface area contributed by atoms with Crippen molar-refractivity contribution in [1.82, 2.24) is 24.7 Å². The number of aromatic nitrogens is 2. The molecular weight excluding hydrogens is 935 g/mol. The van der Waals surface area contributed by atoms with Crippen molar-refractivity contribution in [3.05, 3.63) is 108 Å². The van der Waals surface area contributed by atoms with E-state index < -0.39 is 41.2 Å². The summed E-state index contributed by atoms with van der Waals surface area (Å²) in [5.41, 5.74) is 3.00. The Bertz CT molecular complexity index is 2630. The summed E-state index contributed by atoms with van der Waals surface area (Å²) in [5, 5.41) is 5.80. The van der Waals surface area contributed by atoms with Crippen LogP contribution in [0.4, 0.5) is 4.39 Å². The van der Waals surface area contributed by atoms with Gasteiger partial charge in [-0.25, -0.2) is 19.0 Å². The average molecular weight is 994 g/mol. The first kappa shape index (κ1) is 51.2. The number of carbonyl (C=O) groups is 3. The van der Waals surface area contributed by atoms with Crippen LogP contribution in [0.5, 0.6) is 11.5 Å². The van der Waals surface area contributed by atoms with E-state index in [0.717, 1.165) is 11.1 Å². The molecule has 5 heterocycles. The van der Waals surface area contributed by atoms with Gasteiger partial charge in [-0.05, 0) is 48.6 Å². The van der Waals surface area contributed by atoms with Gasteiger partial charge >= 0.3 is 17.9 Å². The van der Waals surface area contributed by atoms with E-state index in [1.165, 1.54) is 49.8 Å². The molecule has 3 aliphatic rings. The van der Waals surface area contributed by atoms with Crippen molar-refractivity contribution >= 4 is 46.7 Å². The molecule has 2 unspecified atom stereocenters. The fourth-order valence-corrected chi connectivity index (χ4v) is 9.61. The van der Waals surface area contributed by atoms with E-state index in [2.05, 4.69) is 31.1 Å². The Morgan fingerprint density at radius 2 is 1.72 bits per heavy atom. The highest BCUT2D eigenvalue weighted by molar-refractivity contribution is 7.11. The number of nitrogens with zero attached hydrogens (tertiary/aromatic N) is 5. The van der Waals surface area contributed by atoms with Gasteiger partial charge in [0.05, 0.1) is 65.6 Å². The summed E-state index contributed by atoms with van der Waals surface area (Å²) >= 11 is 7.89. The van der Waals surface area contributed by atoms with Crippen LogP contribution in [0.25, 0.3) is 11.3 Å². The standard InChI is InChI=1S/C49H58ClFN6O11S/c1-8-67-46(59)33-26-57-36(25-38(33)58)32-24-39(62-5)40(21-29(32)22-41(57)49(2,3)4)68-19-18-66-17-16-65-15-14-56-13-12-55(28-37(56)47(60)63-6)27-35-42(48(61)64-7)43(31-10-9-30(51)23-34(31)50)54-44(53-35)45-52-11-20-69-45/h9-11,20-21,23-26,37,41,43H,8,12-19,22,27-28H2,1-7H3,(H,53,54)/t37?,41?,43-/m0/s1. The first-order valence-electron chi connectivity index (χ1n) is 22.6. The molecule has 1 fully saturated rings. The van der Waals surface area contributed by atoms with Crippen LogP contribution in [0.3, 0.4) is 0 Å². The van der Waals surface area contributed by atoms with E-state index in [-0.39, 0.29) is 54.0 Å². The Balaban J connectivity index is 0.919. The highest BCUT2D eigenvalue weighted by Crippen LogP contribution is 2.46. The van der Waals surface area contributed by atoms with E-state index in [0.29, 0.717) is 91.7 Å². The van der Waals surface area contributed by atoms with Crippen molar-refractivity contribution < 1.29 is 51.9 Å². The largest absolute Gasteiger partial charge is 0.493 e. The van der Waals surface area contributed by atoms with E-state index >= 15 is 0 Å². The minimum Gasteiger partial charge on any atom is -0.493 e. The van der Waals surface area contributed by atoms with Crippen LogP contribution < -0.4 is 20.2 Å². The Morgan fingerprint density at radius 3 is 2.41 bits per heavy atom. The zero-order chi connectivity index (χ0) is 49.4. The predicted octanol–water partition coefficient (Wildman–Crippen LogP) is 5.88. The molecule has 3 aliphatic heterocycles. The minimum atomic E-state index is -0.918. The summed E-state index contributed by atoms with van der Waals surface area (Å²) in [6.45, 7) is 11.7. The van der Waals surface area contributed by atoms with Crippen molar-refractivity contribution in [3.8, 4) is 22.8 Å². The normalized spacial score (nSPS) is 18.4. The summed E-state index contributed by atoms with van der Waals surface area (Å²) in [6.07, 6.45) is 3.90. The molecule has 1 saturated heterocycles. The average Bonchev–Trinajstić information content (AvgIpc) is 3.88. The molecule has 69 heavy (non-hydrogen) atoms. The van der Waals surface area contributed by atoms with E-state index in [1.807, 2.05) is 31.9 Å². The summed E-state index contributed by atoms with van der Waals surface area (Å²) in [7, 11) is 4.19. The molecule has 0 radical (unpaired) electrons. The van der Waals surface area contributed by atoms with Crippen LogP contribution in [0, 0.1) is 11.2 Å². The number of fused-ring (bicyclic) bond motifs is 3. The third-order valence-electron chi connectivity index (χ3n) is 12.2. The van der Waals surface area contributed by atoms with Gasteiger partial charge in [0.2, 0.25) is 0 Å². The molecule has 370 valence electrons. The topological polar surface area (TPSA) is 182 Å². The molecule has 0 bridgehead atoms. The molecular formula is C49H58ClFN6O11S. The Kier molecular flexibility index (Phi) is 16.9. The van der Waals surface area contributed by atoms with Crippen molar-refractivity contribution in [2.24, 2.45) is 10.4 Å². The van der Waals surface area contributed by atoms with Crippen LogP contribution in [0.1, 0.15) is 66.3 Å². The van der Waals surface area contributed by atoms with Crippen LogP contribution in [-0.4, -0.2) is 143 Å². The second kappa shape index (κ2) is 22.8. The highest BCUT2D eigenvalue weighted by atomic mass is 35.5. The molecule has 20 heteroatoms. The van der Waals surface area contributed by atoms with Gasteiger partial charge in [-0.2, -0.15) is 0 Å². The smallest absolute Gasteiger partial charge is 0.343 e. The van der Waals surface area contributed by atoms with Crippen LogP contribution in [0.15, 0.2) is 75.2 Å². The van der Waals surface area contributed by atoms with Crippen LogP contribution >= 0.6 is 22.9 Å². The molecule has 0 saturated carbocycles. The fourth-order valence-electron chi connectivity index (χ4n) is 8.75. The number of hydrogen-bond donors (Lipinski definition) is 1. The second-order valence-electron chi connectivity index (χ2n) is 17.6. The lowest BCUT2D eigenvalue weighted by molar-refractivity contribution is -0.150. The number of hydrogen-bond acceptors (Lipinski definition) is 17. The van der Waals surface area contributed by atoms with Gasteiger partial charge in [-0.3, -0.25) is 24.4 Å². The number of halogens is 2. The molecule has 0 amide bonds. The highest BCUT2D eigenvalue weighted by Gasteiger charge is 2.38. The third kappa shape index (κ3) is 11.8. The summed E-state index contributed by atoms with van der Waals surface area (Å²) in [4.78, 5) is 65.7. The predicted molar refractivity (Wildman–Crippen MR) is 257 cm³/mol. The maximum atomic E-state index is 14.1. The number of benzene rings is 2. The van der Waals surface area contributed by atoms with Crippen LogP contribution in [0.2, 0.25) is 5.02 Å². The number of rotatable bonds is 19. The molecule has 4 aromatic rings. The van der Waals surface area contributed by atoms with Gasteiger partial charge in [0.1, 0.15) is 30.1 Å². The summed E-state index contributed by atoms with van der Waals surface area (Å²) < 4.78 is 55.4. The monoisotopic (exact) mass is 992 g/mol. The molecule has 7 rings (SSSR count). The third-order valence-corrected chi connectivity index (χ3v) is 13.3. The number of carbonyl (C=O) groups excluding carboxylic acids is 3.